The van der Waals surface area contributed by atoms with Crippen molar-refractivity contribution in [1.29, 1.82) is 0 Å². The number of benzene rings is 3. The van der Waals surface area contributed by atoms with Crippen molar-refractivity contribution in [3.05, 3.63) is 118 Å². The number of aromatic nitrogens is 2. The minimum Gasteiger partial charge on any atom is -0.411 e. The molecule has 0 saturated heterocycles. The number of nitrogens with zero attached hydrogens (tertiary/aromatic N) is 4. The van der Waals surface area contributed by atoms with E-state index in [-0.39, 0.29) is 24.5 Å². The first kappa shape index (κ1) is 36.6. The van der Waals surface area contributed by atoms with Crippen molar-refractivity contribution < 1.29 is 14.7 Å². The molecule has 11 heteroatoms. The highest BCUT2D eigenvalue weighted by molar-refractivity contribution is 7.99. The van der Waals surface area contributed by atoms with E-state index < -0.39 is 9.68 Å². The molecule has 6 rings (SSSR count). The Balaban J connectivity index is 1.31. The zero-order chi connectivity index (χ0) is 35.7. The number of hydrogen-bond donors (Lipinski definition) is 2. The lowest BCUT2D eigenvalue weighted by Crippen LogP contribution is -2.46. The van der Waals surface area contributed by atoms with Crippen LogP contribution in [0.25, 0.3) is 5.69 Å². The van der Waals surface area contributed by atoms with Crippen LogP contribution < -0.4 is 9.48 Å². The van der Waals surface area contributed by atoms with Gasteiger partial charge in [-0.3, -0.25) is 9.59 Å². The van der Waals surface area contributed by atoms with Gasteiger partial charge in [0.1, 0.15) is 0 Å². The molecule has 2 N–H and O–H groups in total. The molecule has 1 unspecified atom stereocenters. The number of aryl methyl sites for hydroxylation is 1. The third kappa shape index (κ3) is 8.84. The maximum atomic E-state index is 14.7. The van der Waals surface area contributed by atoms with Crippen LogP contribution in [0.5, 0.6) is 0 Å². The van der Waals surface area contributed by atoms with Gasteiger partial charge < -0.3 is 19.9 Å². The number of nitrogens with one attached hydrogen (secondary N) is 1. The molecule has 0 radical (unpaired) electrons. The molecule has 0 spiro atoms. The largest absolute Gasteiger partial charge is 0.411 e. The van der Waals surface area contributed by atoms with Crippen molar-refractivity contribution >= 4 is 54.8 Å². The second-order valence-corrected chi connectivity index (χ2v) is 17.2. The van der Waals surface area contributed by atoms with Gasteiger partial charge in [-0.2, -0.15) is 16.4 Å². The molecule has 51 heavy (non-hydrogen) atoms. The Labute approximate surface area is 311 Å². The summed E-state index contributed by atoms with van der Waals surface area (Å²) >= 11 is 3.52. The molecular formula is C40H47N5O3S2Si. The van der Waals surface area contributed by atoms with Gasteiger partial charge in [0.15, 0.2) is 15.4 Å². The zero-order valence-electron chi connectivity index (χ0n) is 29.7. The lowest BCUT2D eigenvalue weighted by atomic mass is 9.93. The summed E-state index contributed by atoms with van der Waals surface area (Å²) in [7, 11) is -0.891. The lowest BCUT2D eigenvalue weighted by molar-refractivity contribution is 0.0544. The maximum Gasteiger partial charge on any atom is 0.274 e. The predicted octanol–water partition coefficient (Wildman–Crippen LogP) is 6.82. The molecule has 3 heterocycles. The van der Waals surface area contributed by atoms with Crippen LogP contribution in [-0.2, 0) is 13.0 Å². The number of carbonyl (C=O) groups is 2. The molecule has 1 atom stereocenters. The number of amides is 2. The van der Waals surface area contributed by atoms with E-state index in [1.807, 2.05) is 54.3 Å². The van der Waals surface area contributed by atoms with E-state index in [4.69, 9.17) is 5.10 Å². The van der Waals surface area contributed by atoms with E-state index in [1.165, 1.54) is 14.3 Å². The molecule has 0 bridgehead atoms. The van der Waals surface area contributed by atoms with Gasteiger partial charge >= 0.3 is 0 Å². The Bertz CT molecular complexity index is 1940. The van der Waals surface area contributed by atoms with Crippen molar-refractivity contribution in [2.24, 2.45) is 0 Å². The van der Waals surface area contributed by atoms with Gasteiger partial charge in [-0.25, -0.2) is 4.68 Å². The number of fused-ring (bicyclic) bond motifs is 1. The SMILES string of the molecule is CCCCN(CCCC)C(=O)c1cc(C)n(-c2ccc(N[SiH2]c3cc(Sc4ccccc4)cs3)cc2C(=O)N2Cc3ccccc3CC2CO)n1. The quantitative estimate of drug-likeness (QED) is 0.115. The number of aliphatic hydroxyl groups excluding tert-OH is 1. The number of rotatable bonds is 15. The highest BCUT2D eigenvalue weighted by atomic mass is 32.2. The highest BCUT2D eigenvalue weighted by Crippen LogP contribution is 2.30. The normalized spacial score (nSPS) is 14.2. The van der Waals surface area contributed by atoms with Crippen molar-refractivity contribution in [2.45, 2.75) is 75.3 Å². The molecule has 0 aliphatic carbocycles. The third-order valence-corrected chi connectivity index (χ3v) is 13.3. The fourth-order valence-electron chi connectivity index (χ4n) is 6.46. The van der Waals surface area contributed by atoms with Crippen LogP contribution in [-0.4, -0.2) is 71.9 Å². The first-order valence-electron chi connectivity index (χ1n) is 17.9. The summed E-state index contributed by atoms with van der Waals surface area (Å²) in [6.07, 6.45) is 4.48. The molecule has 266 valence electrons. The molecule has 2 aromatic heterocycles. The van der Waals surface area contributed by atoms with E-state index in [0.29, 0.717) is 43.0 Å². The monoisotopic (exact) mass is 737 g/mol. The second kappa shape index (κ2) is 17.4. The molecule has 2 amide bonds. The maximum absolute atomic E-state index is 14.7. The average Bonchev–Trinajstić information content (AvgIpc) is 3.78. The Hall–Kier alpha value is -4.16. The standard InChI is InChI=1S/C40H47N5O3S2Si/c1-4-6-19-43(20-7-5-2)40(48)36-21-28(3)45(41-36)37-18-17-31(42-51-38-24-34(27-49-38)50-33-15-9-8-10-16-33)23-35(37)39(47)44-25-30-14-12-11-13-29(30)22-32(44)26-46/h8-18,21,23-24,27,32,42,46H,4-7,19-20,22,25-26,51H2,1-3H3. The zero-order valence-corrected chi connectivity index (χ0v) is 32.7. The first-order chi connectivity index (χ1) is 24.9. The van der Waals surface area contributed by atoms with Crippen LogP contribution in [0, 0.1) is 6.92 Å². The third-order valence-electron chi connectivity index (χ3n) is 9.31. The van der Waals surface area contributed by atoms with Crippen LogP contribution in [0.15, 0.2) is 100 Å². The van der Waals surface area contributed by atoms with Crippen LogP contribution in [0.1, 0.15) is 77.2 Å². The van der Waals surface area contributed by atoms with Crippen LogP contribution in [0.3, 0.4) is 0 Å². The summed E-state index contributed by atoms with van der Waals surface area (Å²) in [4.78, 5) is 38.2. The second-order valence-electron chi connectivity index (χ2n) is 13.1. The smallest absolute Gasteiger partial charge is 0.274 e. The Morgan fingerprint density at radius 2 is 1.69 bits per heavy atom. The average molecular weight is 738 g/mol. The number of aliphatic hydroxyl groups is 1. The minimum atomic E-state index is -0.891. The predicted molar refractivity (Wildman–Crippen MR) is 212 cm³/mol. The summed E-state index contributed by atoms with van der Waals surface area (Å²) in [5.41, 5.74) is 5.37. The Kier molecular flexibility index (Phi) is 12.5. The molecule has 0 fully saturated rings. The molecular weight excluding hydrogens is 691 g/mol. The van der Waals surface area contributed by atoms with E-state index in [2.05, 4.69) is 66.7 Å². The van der Waals surface area contributed by atoms with E-state index in [9.17, 15) is 14.7 Å². The fraction of sp³-hybridized carbons (Fsp3) is 0.325. The van der Waals surface area contributed by atoms with Gasteiger partial charge in [0.2, 0.25) is 0 Å². The molecule has 8 nitrogen and oxygen atoms in total. The molecule has 3 aromatic carbocycles. The topological polar surface area (TPSA) is 90.7 Å². The van der Waals surface area contributed by atoms with Gasteiger partial charge in [0, 0.05) is 50.7 Å². The Morgan fingerprint density at radius 1 is 0.961 bits per heavy atom. The fourth-order valence-corrected chi connectivity index (χ4v) is 10.0. The van der Waals surface area contributed by atoms with Crippen LogP contribution >= 0.6 is 23.1 Å². The number of unbranched alkanes of at least 4 members (excludes halogenated alkanes) is 2. The number of carbonyl (C=O) groups excluding carboxylic acids is 2. The van der Waals surface area contributed by atoms with E-state index in [0.717, 1.165) is 48.2 Å². The van der Waals surface area contributed by atoms with Crippen molar-refractivity contribution in [3.8, 4) is 5.69 Å². The van der Waals surface area contributed by atoms with E-state index >= 15 is 0 Å². The number of anilines is 1. The Morgan fingerprint density at radius 3 is 2.41 bits per heavy atom. The van der Waals surface area contributed by atoms with Gasteiger partial charge in [0.05, 0.1) is 23.9 Å². The molecule has 5 aromatic rings. The van der Waals surface area contributed by atoms with Gasteiger partial charge in [-0.15, -0.1) is 0 Å². The first-order valence-corrected chi connectivity index (χ1v) is 21.0. The van der Waals surface area contributed by atoms with Crippen molar-refractivity contribution in [1.82, 2.24) is 19.6 Å². The summed E-state index contributed by atoms with van der Waals surface area (Å²) in [5, 5.41) is 17.5. The van der Waals surface area contributed by atoms with Gasteiger partial charge in [-0.05, 0) is 79.8 Å². The van der Waals surface area contributed by atoms with Gasteiger partial charge in [-0.1, -0.05) is 80.9 Å². The summed E-state index contributed by atoms with van der Waals surface area (Å²) in [6, 6.07) is 28.1. The van der Waals surface area contributed by atoms with Crippen LogP contribution in [0.2, 0.25) is 0 Å². The summed E-state index contributed by atoms with van der Waals surface area (Å²) in [5.74, 6) is -0.249. The molecule has 0 saturated carbocycles. The van der Waals surface area contributed by atoms with E-state index in [1.54, 1.807) is 32.7 Å². The molecule has 1 aliphatic rings. The van der Waals surface area contributed by atoms with Crippen molar-refractivity contribution in [2.75, 3.05) is 24.7 Å². The molecule has 1 aliphatic heterocycles. The minimum absolute atomic E-state index is 0.0790. The number of thiophene rings is 1. The highest BCUT2D eigenvalue weighted by Gasteiger charge is 2.32. The van der Waals surface area contributed by atoms with Crippen molar-refractivity contribution in [3.63, 3.8) is 0 Å². The number of hydrogen-bond acceptors (Lipinski definition) is 7. The summed E-state index contributed by atoms with van der Waals surface area (Å²) in [6.45, 7) is 7.87. The van der Waals surface area contributed by atoms with Gasteiger partial charge in [0.25, 0.3) is 11.8 Å². The lowest BCUT2D eigenvalue weighted by Gasteiger charge is -2.36. The summed E-state index contributed by atoms with van der Waals surface area (Å²) < 4.78 is 3.05. The van der Waals surface area contributed by atoms with Crippen LogP contribution in [0.4, 0.5) is 5.69 Å².